The van der Waals surface area contributed by atoms with Crippen LogP contribution in [0.1, 0.15) is 121 Å². The average molecular weight is 545 g/mol. The highest BCUT2D eigenvalue weighted by Crippen LogP contribution is 2.24. The van der Waals surface area contributed by atoms with Crippen LogP contribution in [-0.2, 0) is 33.8 Å². The molecular weight excluding hydrogens is 492 g/mol. The summed E-state index contributed by atoms with van der Waals surface area (Å²) in [7, 11) is 1.98. The van der Waals surface area contributed by atoms with Crippen LogP contribution in [0.2, 0.25) is 0 Å². The number of aliphatic carboxylic acids is 1. The molecule has 8 nitrogen and oxygen atoms in total. The van der Waals surface area contributed by atoms with Crippen LogP contribution < -0.4 is 16.4 Å². The normalized spacial score (nSPS) is 11.3. The minimum atomic E-state index is -0.681. The second-order valence-electron chi connectivity index (χ2n) is 9.76. The van der Waals surface area contributed by atoms with Crippen LogP contribution in [0.25, 0.3) is 0 Å². The summed E-state index contributed by atoms with van der Waals surface area (Å²) in [5, 5.41) is 15.3. The molecule has 0 spiro atoms. The molecule has 1 aliphatic heterocycles. The van der Waals surface area contributed by atoms with Gasteiger partial charge in [0.1, 0.15) is 12.1 Å². The Hall–Kier alpha value is -2.92. The van der Waals surface area contributed by atoms with Gasteiger partial charge in [-0.15, -0.1) is 11.8 Å². The number of aromatic nitrogens is 1. The van der Waals surface area contributed by atoms with E-state index in [2.05, 4.69) is 28.5 Å². The van der Waals surface area contributed by atoms with Crippen molar-refractivity contribution in [2.45, 2.75) is 123 Å². The third-order valence-corrected chi connectivity index (χ3v) is 6.35. The smallest absolute Gasteiger partial charge is 0.303 e. The number of anilines is 1. The molecule has 0 fully saturated rings. The maximum Gasteiger partial charge on any atom is 0.303 e. The van der Waals surface area contributed by atoms with Gasteiger partial charge in [-0.1, -0.05) is 38.5 Å². The fourth-order valence-corrected chi connectivity index (χ4v) is 4.19. The number of rotatable bonds is 18. The number of aldehydes is 1. The van der Waals surface area contributed by atoms with E-state index in [0.717, 1.165) is 89.4 Å². The topological polar surface area (TPSA) is 134 Å². The SMILES string of the molecule is CC#CC.CNCc1cc2c(nc1CCCCCCCCC(=O)O)NCCC2.NC(=O)CCCCCCC=O. The number of primary amides is 1. The summed E-state index contributed by atoms with van der Waals surface area (Å²) >= 11 is 0. The first kappa shape index (κ1) is 36.1. The number of carbonyl (C=O) groups is 3. The van der Waals surface area contributed by atoms with Gasteiger partial charge in [0, 0.05) is 38.0 Å². The van der Waals surface area contributed by atoms with E-state index < -0.39 is 5.97 Å². The fraction of sp³-hybridized carbons (Fsp3) is 0.677. The van der Waals surface area contributed by atoms with Crippen molar-refractivity contribution in [3.05, 3.63) is 22.9 Å². The molecule has 0 unspecified atom stereocenters. The van der Waals surface area contributed by atoms with Gasteiger partial charge in [0.15, 0.2) is 0 Å². The zero-order chi connectivity index (χ0) is 29.1. The molecule has 0 aliphatic carbocycles. The molecule has 0 saturated heterocycles. The lowest BCUT2D eigenvalue weighted by Gasteiger charge is -2.20. The molecule has 1 aromatic heterocycles. The predicted octanol–water partition coefficient (Wildman–Crippen LogP) is 5.56. The maximum atomic E-state index is 10.5. The molecule has 220 valence electrons. The van der Waals surface area contributed by atoms with Gasteiger partial charge in [0.05, 0.1) is 0 Å². The number of hydrogen-bond donors (Lipinski definition) is 4. The zero-order valence-electron chi connectivity index (χ0n) is 24.6. The fourth-order valence-electron chi connectivity index (χ4n) is 4.19. The largest absolute Gasteiger partial charge is 0.481 e. The Kier molecular flexibility index (Phi) is 23.5. The number of nitrogens with one attached hydrogen (secondary N) is 2. The minimum Gasteiger partial charge on any atom is -0.481 e. The first-order valence-corrected chi connectivity index (χ1v) is 14.6. The quantitative estimate of drug-likeness (QED) is 0.108. The number of fused-ring (bicyclic) bond motifs is 1. The van der Waals surface area contributed by atoms with E-state index in [1.54, 1.807) is 0 Å². The summed E-state index contributed by atoms with van der Waals surface area (Å²) < 4.78 is 0. The van der Waals surface area contributed by atoms with Crippen molar-refractivity contribution in [3.63, 3.8) is 0 Å². The third-order valence-electron chi connectivity index (χ3n) is 6.35. The molecular formula is C31H52N4O4. The molecule has 0 aromatic carbocycles. The summed E-state index contributed by atoms with van der Waals surface area (Å²) in [4.78, 5) is 35.5. The Morgan fingerprint density at radius 2 is 1.64 bits per heavy atom. The van der Waals surface area contributed by atoms with Crippen LogP contribution in [0.3, 0.4) is 0 Å². The monoisotopic (exact) mass is 544 g/mol. The van der Waals surface area contributed by atoms with Crippen LogP contribution in [0.5, 0.6) is 0 Å². The summed E-state index contributed by atoms with van der Waals surface area (Å²) in [5.74, 6) is 5.53. The second-order valence-corrected chi connectivity index (χ2v) is 9.76. The molecule has 0 saturated carbocycles. The van der Waals surface area contributed by atoms with Crippen molar-refractivity contribution >= 4 is 24.0 Å². The summed E-state index contributed by atoms with van der Waals surface area (Å²) in [6.45, 7) is 5.55. The number of carbonyl (C=O) groups excluding carboxylic acids is 2. The predicted molar refractivity (Wildman–Crippen MR) is 160 cm³/mol. The van der Waals surface area contributed by atoms with Gasteiger partial charge >= 0.3 is 5.97 Å². The van der Waals surface area contributed by atoms with Gasteiger partial charge in [-0.05, 0) is 83.0 Å². The molecule has 1 amide bonds. The second kappa shape index (κ2) is 25.4. The van der Waals surface area contributed by atoms with Crippen molar-refractivity contribution in [3.8, 4) is 11.8 Å². The van der Waals surface area contributed by atoms with E-state index in [0.29, 0.717) is 19.3 Å². The standard InChI is InChI=1S/C19H31N3O2.C8H15NO2.C4H6/c1-20-14-16-13-15-9-8-12-21-19(15)22-17(16)10-6-4-2-3-5-7-11-18(23)24;9-8(11)6-4-2-1-3-5-7-10;1-3-4-2/h13,20H,2-12,14H2,1H3,(H,21,22)(H,23,24);7H,1-6H2,(H2,9,11);1-2H3. The molecule has 0 bridgehead atoms. The average Bonchev–Trinajstić information content (AvgIpc) is 2.92. The molecule has 5 N–H and O–H groups in total. The van der Waals surface area contributed by atoms with E-state index in [1.807, 2.05) is 20.9 Å². The minimum absolute atomic E-state index is 0.236. The zero-order valence-corrected chi connectivity index (χ0v) is 24.6. The number of nitrogens with zero attached hydrogens (tertiary/aromatic N) is 1. The number of pyridine rings is 1. The van der Waals surface area contributed by atoms with E-state index >= 15 is 0 Å². The lowest BCUT2D eigenvalue weighted by molar-refractivity contribution is -0.137. The molecule has 2 heterocycles. The summed E-state index contributed by atoms with van der Waals surface area (Å²) in [5.41, 5.74) is 8.85. The lowest BCUT2D eigenvalue weighted by Crippen LogP contribution is -2.17. The molecule has 0 radical (unpaired) electrons. The Morgan fingerprint density at radius 1 is 1.03 bits per heavy atom. The van der Waals surface area contributed by atoms with E-state index in [1.165, 1.54) is 36.1 Å². The van der Waals surface area contributed by atoms with Crippen LogP contribution in [-0.4, -0.2) is 41.8 Å². The Morgan fingerprint density at radius 3 is 2.23 bits per heavy atom. The first-order chi connectivity index (χ1) is 18.9. The highest BCUT2D eigenvalue weighted by Gasteiger charge is 2.14. The highest BCUT2D eigenvalue weighted by molar-refractivity contribution is 5.73. The summed E-state index contributed by atoms with van der Waals surface area (Å²) in [6.07, 6.45) is 16.0. The van der Waals surface area contributed by atoms with Crippen molar-refractivity contribution in [1.29, 1.82) is 0 Å². The maximum absolute atomic E-state index is 10.5. The van der Waals surface area contributed by atoms with Crippen LogP contribution in [0.4, 0.5) is 5.82 Å². The van der Waals surface area contributed by atoms with E-state index in [9.17, 15) is 14.4 Å². The first-order valence-electron chi connectivity index (χ1n) is 14.6. The van der Waals surface area contributed by atoms with E-state index in [-0.39, 0.29) is 5.91 Å². The Labute approximate surface area is 236 Å². The number of nitrogens with two attached hydrogens (primary N) is 1. The van der Waals surface area contributed by atoms with Gasteiger partial charge in [-0.2, -0.15) is 0 Å². The van der Waals surface area contributed by atoms with Crippen LogP contribution in [0.15, 0.2) is 6.07 Å². The molecule has 39 heavy (non-hydrogen) atoms. The van der Waals surface area contributed by atoms with E-state index in [4.69, 9.17) is 15.8 Å². The number of hydrogen-bond acceptors (Lipinski definition) is 6. The van der Waals surface area contributed by atoms with Gasteiger partial charge < -0.3 is 26.3 Å². The number of carboxylic acids is 1. The van der Waals surface area contributed by atoms with Gasteiger partial charge in [-0.25, -0.2) is 4.98 Å². The molecule has 8 heteroatoms. The molecule has 1 aliphatic rings. The molecule has 1 aromatic rings. The lowest BCUT2D eigenvalue weighted by atomic mass is 10.00. The van der Waals surface area contributed by atoms with Crippen LogP contribution >= 0.6 is 0 Å². The number of carboxylic acid groups (broad SMARTS) is 1. The number of unbranched alkanes of at least 4 members (excludes halogenated alkanes) is 9. The summed E-state index contributed by atoms with van der Waals surface area (Å²) in [6, 6.07) is 2.33. The van der Waals surface area contributed by atoms with Crippen LogP contribution in [0, 0.1) is 11.8 Å². The number of amides is 1. The molecule has 0 atom stereocenters. The Balaban J connectivity index is 0.000000802. The van der Waals surface area contributed by atoms with Crippen molar-refractivity contribution in [2.75, 3.05) is 18.9 Å². The van der Waals surface area contributed by atoms with Crippen molar-refractivity contribution in [2.24, 2.45) is 5.73 Å². The van der Waals surface area contributed by atoms with Gasteiger partial charge in [0.2, 0.25) is 5.91 Å². The number of aryl methyl sites for hydroxylation is 2. The van der Waals surface area contributed by atoms with Crippen molar-refractivity contribution < 1.29 is 19.5 Å². The third kappa shape index (κ3) is 20.7. The van der Waals surface area contributed by atoms with Gasteiger partial charge in [-0.3, -0.25) is 9.59 Å². The van der Waals surface area contributed by atoms with Gasteiger partial charge in [0.25, 0.3) is 0 Å². The Bertz CT molecular complexity index is 871. The highest BCUT2D eigenvalue weighted by atomic mass is 16.4. The van der Waals surface area contributed by atoms with Crippen molar-refractivity contribution in [1.82, 2.24) is 10.3 Å². The molecule has 2 rings (SSSR count).